The van der Waals surface area contributed by atoms with Crippen LogP contribution in [0, 0.1) is 23.7 Å². The normalized spacial score (nSPS) is 40.2. The number of rotatable bonds is 6. The number of hydrogen-bond donors (Lipinski definition) is 4. The third-order valence-corrected chi connectivity index (χ3v) is 8.18. The number of nitrogens with one attached hydrogen (secondary N) is 2. The van der Waals surface area contributed by atoms with Crippen LogP contribution >= 0.6 is 11.8 Å². The third-order valence-electron chi connectivity index (χ3n) is 6.67. The minimum absolute atomic E-state index is 0.0804. The van der Waals surface area contributed by atoms with Gasteiger partial charge in [0.15, 0.2) is 0 Å². The van der Waals surface area contributed by atoms with Crippen LogP contribution in [-0.4, -0.2) is 69.9 Å². The third kappa shape index (κ3) is 2.95. The number of β-lactam (4-membered cyclic amide) rings is 1. The predicted molar refractivity (Wildman–Crippen MR) is 103 cm³/mol. The van der Waals surface area contributed by atoms with Crippen molar-refractivity contribution in [2.75, 3.05) is 13.6 Å². The number of amides is 2. The van der Waals surface area contributed by atoms with Gasteiger partial charge in [-0.3, -0.25) is 9.59 Å². The molecule has 0 spiro atoms. The lowest BCUT2D eigenvalue weighted by Crippen LogP contribution is -2.63. The van der Waals surface area contributed by atoms with Crippen LogP contribution in [0.25, 0.3) is 0 Å². The number of carboxylic acid groups (broad SMARTS) is 1. The molecule has 0 radical (unpaired) electrons. The SMILES string of the molecule is CNC(=O)[C@@H]1C[C@H]1[C@@H]1C[C@H](SC2=C(C(=O)O)N3C(=O)[C@H]([C@@H](C)O)[C@H]3[C@H]2C)CN1. The first-order chi connectivity index (χ1) is 13.3. The Bertz CT molecular complexity index is 754. The molecule has 1 aliphatic carbocycles. The first-order valence-electron chi connectivity index (χ1n) is 9.86. The number of carboxylic acids is 1. The number of thioether (sulfide) groups is 1. The number of aliphatic hydroxyl groups is 1. The van der Waals surface area contributed by atoms with Gasteiger partial charge in [-0.15, -0.1) is 11.8 Å². The van der Waals surface area contributed by atoms with Crippen LogP contribution in [0.4, 0.5) is 0 Å². The Kier molecular flexibility index (Phi) is 4.96. The number of fused-ring (bicyclic) bond motifs is 1. The van der Waals surface area contributed by atoms with E-state index < -0.39 is 18.0 Å². The molecule has 3 aliphatic heterocycles. The van der Waals surface area contributed by atoms with E-state index >= 15 is 0 Å². The summed E-state index contributed by atoms with van der Waals surface area (Å²) in [6.07, 6.45) is 0.989. The van der Waals surface area contributed by atoms with Gasteiger partial charge in [-0.1, -0.05) is 6.92 Å². The molecule has 3 heterocycles. The van der Waals surface area contributed by atoms with Crippen LogP contribution in [0.1, 0.15) is 26.7 Å². The summed E-state index contributed by atoms with van der Waals surface area (Å²) in [5, 5.41) is 26.1. The lowest BCUT2D eigenvalue weighted by Gasteiger charge is -2.46. The molecule has 0 aromatic carbocycles. The van der Waals surface area contributed by atoms with Gasteiger partial charge in [-0.25, -0.2) is 4.79 Å². The fraction of sp³-hybridized carbons (Fsp3) is 0.737. The van der Waals surface area contributed by atoms with Gasteiger partial charge in [0.2, 0.25) is 11.8 Å². The molecule has 4 aliphatic rings. The molecule has 4 rings (SSSR count). The first kappa shape index (κ1) is 19.7. The van der Waals surface area contributed by atoms with Crippen molar-refractivity contribution in [3.63, 3.8) is 0 Å². The molecule has 0 unspecified atom stereocenters. The predicted octanol–water partition coefficient (Wildman–Crippen LogP) is -0.0141. The standard InChI is InChI=1S/C19H27N3O5S/c1-7-14-13(8(2)23)18(25)22(14)15(19(26)27)16(7)28-9-4-12(21-6-9)10-5-11(10)17(24)20-3/h7-14,21,23H,4-6H2,1-3H3,(H,20,24)(H,26,27)/t7-,8-,9+,10-,11-,12+,13-,14-/m1/s1. The van der Waals surface area contributed by atoms with Gasteiger partial charge in [-0.2, -0.15) is 0 Å². The summed E-state index contributed by atoms with van der Waals surface area (Å²) in [6.45, 7) is 4.29. The molecule has 1 saturated carbocycles. The van der Waals surface area contributed by atoms with Crippen LogP contribution in [0.3, 0.4) is 0 Å². The van der Waals surface area contributed by atoms with E-state index in [1.165, 1.54) is 4.90 Å². The van der Waals surface area contributed by atoms with E-state index in [1.54, 1.807) is 25.7 Å². The Balaban J connectivity index is 1.45. The largest absolute Gasteiger partial charge is 0.477 e. The highest BCUT2D eigenvalue weighted by Crippen LogP contribution is 2.52. The van der Waals surface area contributed by atoms with E-state index in [1.807, 2.05) is 6.92 Å². The molecule has 3 fully saturated rings. The minimum atomic E-state index is -1.08. The Hall–Kier alpha value is -1.58. The molecule has 2 saturated heterocycles. The van der Waals surface area contributed by atoms with Crippen molar-refractivity contribution in [1.82, 2.24) is 15.5 Å². The van der Waals surface area contributed by atoms with Crippen molar-refractivity contribution < 1.29 is 24.6 Å². The summed E-state index contributed by atoms with van der Waals surface area (Å²) in [6, 6.07) is 0.00146. The van der Waals surface area contributed by atoms with Crippen LogP contribution < -0.4 is 10.6 Å². The van der Waals surface area contributed by atoms with Gasteiger partial charge in [0.1, 0.15) is 5.70 Å². The zero-order valence-electron chi connectivity index (χ0n) is 16.2. The van der Waals surface area contributed by atoms with Crippen molar-refractivity contribution in [3.8, 4) is 0 Å². The van der Waals surface area contributed by atoms with Crippen LogP contribution in [0.15, 0.2) is 10.6 Å². The Labute approximate surface area is 168 Å². The smallest absolute Gasteiger partial charge is 0.353 e. The Morgan fingerprint density at radius 3 is 2.68 bits per heavy atom. The number of aliphatic carboxylic acids is 1. The molecule has 8 nitrogen and oxygen atoms in total. The zero-order chi connectivity index (χ0) is 20.3. The van der Waals surface area contributed by atoms with Gasteiger partial charge in [-0.05, 0) is 25.7 Å². The van der Waals surface area contributed by atoms with Crippen molar-refractivity contribution in [1.29, 1.82) is 0 Å². The summed E-state index contributed by atoms with van der Waals surface area (Å²) < 4.78 is 0. The maximum Gasteiger partial charge on any atom is 0.353 e. The fourth-order valence-corrected chi connectivity index (χ4v) is 6.65. The van der Waals surface area contributed by atoms with Gasteiger partial charge < -0.3 is 25.7 Å². The van der Waals surface area contributed by atoms with Crippen LogP contribution in [0.2, 0.25) is 0 Å². The van der Waals surface area contributed by atoms with Gasteiger partial charge in [0.05, 0.1) is 18.1 Å². The number of hydrogen-bond acceptors (Lipinski definition) is 6. The van der Waals surface area contributed by atoms with E-state index in [4.69, 9.17) is 0 Å². The minimum Gasteiger partial charge on any atom is -0.477 e. The summed E-state index contributed by atoms with van der Waals surface area (Å²) >= 11 is 1.55. The van der Waals surface area contributed by atoms with E-state index in [9.17, 15) is 24.6 Å². The van der Waals surface area contributed by atoms with E-state index in [2.05, 4.69) is 10.6 Å². The number of aliphatic hydroxyl groups excluding tert-OH is 1. The quantitative estimate of drug-likeness (QED) is 0.456. The maximum atomic E-state index is 12.4. The highest BCUT2D eigenvalue weighted by atomic mass is 32.2. The summed E-state index contributed by atoms with van der Waals surface area (Å²) in [7, 11) is 1.66. The lowest BCUT2D eigenvalue weighted by molar-refractivity contribution is -0.163. The van der Waals surface area contributed by atoms with Crippen molar-refractivity contribution in [2.45, 2.75) is 50.1 Å². The molecule has 28 heavy (non-hydrogen) atoms. The molecule has 0 aromatic heterocycles. The molecule has 0 bridgehead atoms. The summed E-state index contributed by atoms with van der Waals surface area (Å²) in [5.41, 5.74) is 0.0857. The monoisotopic (exact) mass is 409 g/mol. The number of carbonyl (C=O) groups excluding carboxylic acids is 2. The molecule has 9 heteroatoms. The van der Waals surface area contributed by atoms with E-state index in [0.717, 1.165) is 24.3 Å². The topological polar surface area (TPSA) is 119 Å². The fourth-order valence-electron chi connectivity index (χ4n) is 5.15. The lowest BCUT2D eigenvalue weighted by atomic mass is 9.79. The highest BCUT2D eigenvalue weighted by Gasteiger charge is 2.60. The van der Waals surface area contributed by atoms with Crippen LogP contribution in [-0.2, 0) is 14.4 Å². The van der Waals surface area contributed by atoms with Crippen molar-refractivity contribution in [3.05, 3.63) is 10.6 Å². The van der Waals surface area contributed by atoms with Gasteiger partial charge in [0, 0.05) is 41.6 Å². The van der Waals surface area contributed by atoms with E-state index in [-0.39, 0.29) is 46.7 Å². The average Bonchev–Trinajstić information content (AvgIpc) is 3.23. The molecular weight excluding hydrogens is 382 g/mol. The number of nitrogens with zero attached hydrogens (tertiary/aromatic N) is 1. The molecule has 154 valence electrons. The molecular formula is C19H27N3O5S. The van der Waals surface area contributed by atoms with Crippen LogP contribution in [0.5, 0.6) is 0 Å². The number of carbonyl (C=O) groups is 3. The summed E-state index contributed by atoms with van der Waals surface area (Å²) in [5.74, 6) is -1.50. The highest BCUT2D eigenvalue weighted by molar-refractivity contribution is 8.03. The second-order valence-corrected chi connectivity index (χ2v) is 9.72. The zero-order valence-corrected chi connectivity index (χ0v) is 17.0. The van der Waals surface area contributed by atoms with Crippen molar-refractivity contribution >= 4 is 29.5 Å². The van der Waals surface area contributed by atoms with Crippen molar-refractivity contribution in [2.24, 2.45) is 23.7 Å². The molecule has 2 amide bonds. The second kappa shape index (κ2) is 7.03. The maximum absolute atomic E-state index is 12.4. The Morgan fingerprint density at radius 1 is 1.36 bits per heavy atom. The molecule has 4 N–H and O–H groups in total. The Morgan fingerprint density at radius 2 is 2.07 bits per heavy atom. The van der Waals surface area contributed by atoms with E-state index in [0.29, 0.717) is 5.92 Å². The molecule has 8 atom stereocenters. The van der Waals surface area contributed by atoms with Gasteiger partial charge in [0.25, 0.3) is 0 Å². The first-order valence-corrected chi connectivity index (χ1v) is 10.7. The molecule has 0 aromatic rings. The second-order valence-electron chi connectivity index (χ2n) is 8.38. The van der Waals surface area contributed by atoms with Gasteiger partial charge >= 0.3 is 5.97 Å². The summed E-state index contributed by atoms with van der Waals surface area (Å²) in [4.78, 5) is 38.2. The average molecular weight is 410 g/mol.